The van der Waals surface area contributed by atoms with Gasteiger partial charge in [-0.25, -0.2) is 4.68 Å². The number of carbonyl (C=O) groups is 1. The van der Waals surface area contributed by atoms with Gasteiger partial charge in [-0.15, -0.1) is 0 Å². The highest BCUT2D eigenvalue weighted by atomic mass is 16.6. The molecule has 2 heterocycles. The summed E-state index contributed by atoms with van der Waals surface area (Å²) in [6, 6.07) is 15.9. The molecule has 0 radical (unpaired) electrons. The lowest BCUT2D eigenvalue weighted by molar-refractivity contribution is -0.116. The molecule has 3 aromatic rings. The molecule has 1 aromatic heterocycles. The van der Waals surface area contributed by atoms with Gasteiger partial charge in [-0.2, -0.15) is 5.10 Å². The van der Waals surface area contributed by atoms with E-state index in [-0.39, 0.29) is 17.9 Å². The van der Waals surface area contributed by atoms with Crippen molar-refractivity contribution in [3.63, 3.8) is 0 Å². The highest BCUT2D eigenvalue weighted by Crippen LogP contribution is 2.32. The number of anilines is 1. The van der Waals surface area contributed by atoms with Gasteiger partial charge < -0.3 is 19.5 Å². The quantitative estimate of drug-likeness (QED) is 0.630. The van der Waals surface area contributed by atoms with Gasteiger partial charge in [0, 0.05) is 36.3 Å². The number of ether oxygens (including phenoxy) is 3. The number of aromatic nitrogens is 2. The molecule has 0 aliphatic carbocycles. The molecule has 0 fully saturated rings. The summed E-state index contributed by atoms with van der Waals surface area (Å²) in [5.41, 5.74) is 1.95. The Morgan fingerprint density at radius 1 is 1.10 bits per heavy atom. The molecule has 8 heteroatoms. The van der Waals surface area contributed by atoms with E-state index in [1.807, 2.05) is 24.3 Å². The Labute approximate surface area is 179 Å². The number of hydrogen-bond acceptors (Lipinski definition) is 6. The topological polar surface area (TPSA) is 91.7 Å². The molecule has 0 bridgehead atoms. The van der Waals surface area contributed by atoms with Gasteiger partial charge in [0.15, 0.2) is 11.5 Å². The third-order valence-electron chi connectivity index (χ3n) is 4.83. The van der Waals surface area contributed by atoms with Crippen LogP contribution in [0.25, 0.3) is 11.3 Å². The summed E-state index contributed by atoms with van der Waals surface area (Å²) in [5, 5.41) is 7.28. The molecule has 1 amide bonds. The maximum Gasteiger partial charge on any atom is 0.266 e. The maximum atomic E-state index is 12.3. The molecule has 160 valence electrons. The summed E-state index contributed by atoms with van der Waals surface area (Å²) in [4.78, 5) is 24.5. The number of carbonyl (C=O) groups excluding carboxylic acids is 1. The first-order valence-corrected chi connectivity index (χ1v) is 10.0. The van der Waals surface area contributed by atoms with Crippen LogP contribution in [0.15, 0.2) is 59.4 Å². The minimum Gasteiger partial charge on any atom is -0.497 e. The highest BCUT2D eigenvalue weighted by Gasteiger charge is 2.13. The van der Waals surface area contributed by atoms with E-state index in [1.165, 1.54) is 10.7 Å². The number of nitrogens with one attached hydrogen (secondary N) is 1. The smallest absolute Gasteiger partial charge is 0.266 e. The number of methoxy groups -OCH3 is 1. The molecule has 0 saturated heterocycles. The summed E-state index contributed by atoms with van der Waals surface area (Å²) in [5.74, 6) is 1.86. The van der Waals surface area contributed by atoms with Gasteiger partial charge in [0.1, 0.15) is 19.0 Å². The highest BCUT2D eigenvalue weighted by molar-refractivity contribution is 5.91. The van der Waals surface area contributed by atoms with Gasteiger partial charge in [0.25, 0.3) is 5.56 Å². The van der Waals surface area contributed by atoms with E-state index in [9.17, 15) is 9.59 Å². The van der Waals surface area contributed by atoms with Crippen molar-refractivity contribution in [1.82, 2.24) is 9.78 Å². The number of hydrogen-bond donors (Lipinski definition) is 1. The van der Waals surface area contributed by atoms with Gasteiger partial charge in [-0.3, -0.25) is 9.59 Å². The monoisotopic (exact) mass is 421 g/mol. The number of aryl methyl sites for hydroxylation is 1. The molecule has 0 saturated carbocycles. The van der Waals surface area contributed by atoms with Gasteiger partial charge in [-0.1, -0.05) is 12.1 Å². The van der Waals surface area contributed by atoms with E-state index < -0.39 is 0 Å². The van der Waals surface area contributed by atoms with Gasteiger partial charge in [0.2, 0.25) is 5.91 Å². The number of amides is 1. The molecule has 4 rings (SSSR count). The Hall–Kier alpha value is -3.81. The molecule has 0 unspecified atom stereocenters. The van der Waals surface area contributed by atoms with Crippen LogP contribution in [0.2, 0.25) is 0 Å². The van der Waals surface area contributed by atoms with Crippen molar-refractivity contribution in [2.24, 2.45) is 0 Å². The lowest BCUT2D eigenvalue weighted by atomic mass is 10.1. The third-order valence-corrected chi connectivity index (χ3v) is 4.83. The van der Waals surface area contributed by atoms with Crippen LogP contribution in [0.5, 0.6) is 17.2 Å². The van der Waals surface area contributed by atoms with Crippen molar-refractivity contribution >= 4 is 11.6 Å². The largest absolute Gasteiger partial charge is 0.497 e. The van der Waals surface area contributed by atoms with Crippen molar-refractivity contribution in [3.05, 3.63) is 65.0 Å². The van der Waals surface area contributed by atoms with Crippen LogP contribution in [0.1, 0.15) is 12.8 Å². The van der Waals surface area contributed by atoms with E-state index in [2.05, 4.69) is 10.4 Å². The van der Waals surface area contributed by atoms with Crippen LogP contribution in [-0.4, -0.2) is 36.0 Å². The Balaban J connectivity index is 1.36. The second kappa shape index (κ2) is 9.34. The minimum atomic E-state index is -0.209. The lowest BCUT2D eigenvalue weighted by Crippen LogP contribution is -2.23. The molecule has 8 nitrogen and oxygen atoms in total. The van der Waals surface area contributed by atoms with Crippen molar-refractivity contribution in [2.45, 2.75) is 19.4 Å². The molecular weight excluding hydrogens is 398 g/mol. The van der Waals surface area contributed by atoms with Crippen molar-refractivity contribution in [1.29, 1.82) is 0 Å². The first-order chi connectivity index (χ1) is 15.1. The Bertz CT molecular complexity index is 1140. The predicted molar refractivity (Wildman–Crippen MR) is 116 cm³/mol. The van der Waals surface area contributed by atoms with E-state index >= 15 is 0 Å². The fourth-order valence-electron chi connectivity index (χ4n) is 3.28. The summed E-state index contributed by atoms with van der Waals surface area (Å²) in [6.45, 7) is 1.34. The number of benzene rings is 2. The van der Waals surface area contributed by atoms with Gasteiger partial charge >= 0.3 is 0 Å². The minimum absolute atomic E-state index is 0.145. The summed E-state index contributed by atoms with van der Waals surface area (Å²) in [6.07, 6.45) is 0.733. The van der Waals surface area contributed by atoms with E-state index in [1.54, 1.807) is 31.4 Å². The van der Waals surface area contributed by atoms with E-state index in [4.69, 9.17) is 14.2 Å². The van der Waals surface area contributed by atoms with Crippen molar-refractivity contribution in [3.8, 4) is 28.5 Å². The van der Waals surface area contributed by atoms with Crippen LogP contribution in [0.3, 0.4) is 0 Å². The number of rotatable bonds is 7. The van der Waals surface area contributed by atoms with Crippen LogP contribution < -0.4 is 25.1 Å². The van der Waals surface area contributed by atoms with Crippen molar-refractivity contribution in [2.75, 3.05) is 25.6 Å². The third kappa shape index (κ3) is 5.03. The normalized spacial score (nSPS) is 12.3. The predicted octanol–water partition coefficient (Wildman–Crippen LogP) is 3.11. The first-order valence-electron chi connectivity index (χ1n) is 10.0. The molecule has 1 aliphatic rings. The van der Waals surface area contributed by atoms with Gasteiger partial charge in [0.05, 0.1) is 12.8 Å². The Kier molecular flexibility index (Phi) is 6.16. The molecular formula is C23H23N3O5. The summed E-state index contributed by atoms with van der Waals surface area (Å²) < 4.78 is 17.6. The second-order valence-corrected chi connectivity index (χ2v) is 7.02. The zero-order valence-electron chi connectivity index (χ0n) is 17.2. The lowest BCUT2D eigenvalue weighted by Gasteiger charge is -2.19. The van der Waals surface area contributed by atoms with E-state index in [0.717, 1.165) is 5.56 Å². The Morgan fingerprint density at radius 3 is 2.77 bits per heavy atom. The van der Waals surface area contributed by atoms with Crippen LogP contribution in [0.4, 0.5) is 5.69 Å². The second-order valence-electron chi connectivity index (χ2n) is 7.02. The molecule has 1 aliphatic heterocycles. The molecule has 31 heavy (non-hydrogen) atoms. The maximum absolute atomic E-state index is 12.3. The zero-order chi connectivity index (χ0) is 21.6. The van der Waals surface area contributed by atoms with Crippen LogP contribution in [0, 0.1) is 0 Å². The average Bonchev–Trinajstić information content (AvgIpc) is 2.80. The number of fused-ring (bicyclic) bond motifs is 1. The standard InChI is InChI=1S/C23H23N3O5/c1-29-18-5-2-4-16(14-18)19-8-10-23(28)26(25-19)11-3-6-22(27)24-17-7-9-20-21(15-17)31-13-12-30-20/h2,4-5,7-10,14-15H,3,6,11-13H2,1H3,(H,24,27). The van der Waals surface area contributed by atoms with Crippen molar-refractivity contribution < 1.29 is 19.0 Å². The Morgan fingerprint density at radius 2 is 1.94 bits per heavy atom. The fraction of sp³-hybridized carbons (Fsp3) is 0.261. The van der Waals surface area contributed by atoms with Gasteiger partial charge in [-0.05, 0) is 36.8 Å². The molecule has 0 spiro atoms. The summed E-state index contributed by atoms with van der Waals surface area (Å²) >= 11 is 0. The first kappa shape index (κ1) is 20.5. The van der Waals surface area contributed by atoms with E-state index in [0.29, 0.717) is 54.8 Å². The SMILES string of the molecule is COc1cccc(-c2ccc(=O)n(CCCC(=O)Nc3ccc4c(c3)OCCO4)n2)c1. The average molecular weight is 421 g/mol. The van der Waals surface area contributed by atoms with Crippen LogP contribution in [-0.2, 0) is 11.3 Å². The zero-order valence-corrected chi connectivity index (χ0v) is 17.2. The number of nitrogens with zero attached hydrogens (tertiary/aromatic N) is 2. The summed E-state index contributed by atoms with van der Waals surface area (Å²) in [7, 11) is 1.60. The van der Waals surface area contributed by atoms with Crippen LogP contribution >= 0.6 is 0 Å². The fourth-order valence-corrected chi connectivity index (χ4v) is 3.28. The molecule has 0 atom stereocenters. The molecule has 1 N–H and O–H groups in total. The molecule has 2 aromatic carbocycles.